The summed E-state index contributed by atoms with van der Waals surface area (Å²) in [4.78, 5) is 26.4. The third-order valence-corrected chi connectivity index (χ3v) is 5.59. The average Bonchev–Trinajstić information content (AvgIpc) is 2.73. The van der Waals surface area contributed by atoms with Crippen molar-refractivity contribution in [2.45, 2.75) is 57.4 Å². The summed E-state index contributed by atoms with van der Waals surface area (Å²) in [7, 11) is 0. The van der Waals surface area contributed by atoms with Crippen molar-refractivity contribution in [2.24, 2.45) is 11.8 Å². The minimum absolute atomic E-state index is 0.0355. The highest BCUT2D eigenvalue weighted by Crippen LogP contribution is 2.36. The zero-order chi connectivity index (χ0) is 14.9. The van der Waals surface area contributed by atoms with E-state index < -0.39 is 5.54 Å². The van der Waals surface area contributed by atoms with Crippen LogP contribution in [0.15, 0.2) is 0 Å². The van der Waals surface area contributed by atoms with Crippen LogP contribution >= 0.6 is 0 Å². The molecule has 2 heterocycles. The lowest BCUT2D eigenvalue weighted by Gasteiger charge is -2.33. The van der Waals surface area contributed by atoms with Crippen molar-refractivity contribution < 1.29 is 9.59 Å². The van der Waals surface area contributed by atoms with Crippen LogP contribution in [-0.2, 0) is 4.79 Å². The third-order valence-electron chi connectivity index (χ3n) is 5.59. The second kappa shape index (κ2) is 5.95. The fourth-order valence-corrected chi connectivity index (χ4v) is 3.96. The quantitative estimate of drug-likeness (QED) is 0.781. The fourth-order valence-electron chi connectivity index (χ4n) is 3.96. The first-order valence-electron chi connectivity index (χ1n) is 8.45. The van der Waals surface area contributed by atoms with Crippen LogP contribution in [0.2, 0.25) is 0 Å². The van der Waals surface area contributed by atoms with Crippen LogP contribution in [0.3, 0.4) is 0 Å². The van der Waals surface area contributed by atoms with Gasteiger partial charge in [0.05, 0.1) is 0 Å². The topological polar surface area (TPSA) is 61.4 Å². The van der Waals surface area contributed by atoms with E-state index in [1.54, 1.807) is 0 Å². The molecule has 0 bridgehead atoms. The van der Waals surface area contributed by atoms with Gasteiger partial charge in [-0.05, 0) is 69.9 Å². The Labute approximate surface area is 126 Å². The molecule has 21 heavy (non-hydrogen) atoms. The number of carbonyl (C=O) groups is 2. The van der Waals surface area contributed by atoms with Crippen molar-refractivity contribution in [1.29, 1.82) is 0 Å². The fraction of sp³-hybridized carbons (Fsp3) is 0.875. The van der Waals surface area contributed by atoms with Crippen LogP contribution < -0.4 is 10.6 Å². The van der Waals surface area contributed by atoms with Crippen molar-refractivity contribution in [3.63, 3.8) is 0 Å². The first-order valence-corrected chi connectivity index (χ1v) is 8.45. The average molecular weight is 293 g/mol. The summed E-state index contributed by atoms with van der Waals surface area (Å²) in [6, 6.07) is -0.163. The van der Waals surface area contributed by atoms with E-state index in [0.717, 1.165) is 58.0 Å². The predicted molar refractivity (Wildman–Crippen MR) is 80.8 cm³/mol. The Balaban J connectivity index is 1.58. The molecule has 0 aromatic carbocycles. The molecule has 0 unspecified atom stereocenters. The molecule has 2 saturated heterocycles. The molecule has 0 aromatic heterocycles. The van der Waals surface area contributed by atoms with Gasteiger partial charge < -0.3 is 10.6 Å². The van der Waals surface area contributed by atoms with E-state index in [4.69, 9.17) is 0 Å². The number of imide groups is 1. The Morgan fingerprint density at radius 2 is 1.81 bits per heavy atom. The highest BCUT2D eigenvalue weighted by molar-refractivity contribution is 6.07. The van der Waals surface area contributed by atoms with E-state index in [0.29, 0.717) is 18.4 Å². The second-order valence-electron chi connectivity index (χ2n) is 7.13. The molecule has 1 aliphatic carbocycles. The number of urea groups is 1. The first-order chi connectivity index (χ1) is 10.1. The van der Waals surface area contributed by atoms with Gasteiger partial charge in [0.1, 0.15) is 5.54 Å². The first kappa shape index (κ1) is 14.8. The zero-order valence-electron chi connectivity index (χ0n) is 13.0. The number of carbonyl (C=O) groups excluding carboxylic acids is 2. The van der Waals surface area contributed by atoms with Crippen LogP contribution in [0.1, 0.15) is 51.9 Å². The standard InChI is InChI=1S/C16H27N3O2/c1-12-2-7-16(8-3-12)14(20)19(15(21)18-16)11-6-13-4-9-17-10-5-13/h12-13,17H,2-11H2,1H3,(H,18,21). The Hall–Kier alpha value is -1.10. The van der Waals surface area contributed by atoms with E-state index in [2.05, 4.69) is 17.6 Å². The van der Waals surface area contributed by atoms with Gasteiger partial charge in [-0.3, -0.25) is 9.69 Å². The van der Waals surface area contributed by atoms with Gasteiger partial charge in [-0.25, -0.2) is 4.79 Å². The minimum atomic E-state index is -0.572. The molecular weight excluding hydrogens is 266 g/mol. The number of hydrogen-bond donors (Lipinski definition) is 2. The maximum Gasteiger partial charge on any atom is 0.325 e. The summed E-state index contributed by atoms with van der Waals surface area (Å²) < 4.78 is 0. The maximum absolute atomic E-state index is 12.7. The van der Waals surface area contributed by atoms with Crippen LogP contribution in [0.5, 0.6) is 0 Å². The molecule has 0 aromatic rings. The maximum atomic E-state index is 12.7. The monoisotopic (exact) mass is 293 g/mol. The molecule has 5 nitrogen and oxygen atoms in total. The van der Waals surface area contributed by atoms with E-state index in [9.17, 15) is 9.59 Å². The normalized spacial score (nSPS) is 34.5. The van der Waals surface area contributed by atoms with Gasteiger partial charge in [-0.15, -0.1) is 0 Å². The summed E-state index contributed by atoms with van der Waals surface area (Å²) in [6.45, 7) is 4.94. The molecular formula is C16H27N3O2. The van der Waals surface area contributed by atoms with Crippen LogP contribution in [0, 0.1) is 11.8 Å². The van der Waals surface area contributed by atoms with Gasteiger partial charge in [0, 0.05) is 6.54 Å². The highest BCUT2D eigenvalue weighted by Gasteiger charge is 2.51. The number of rotatable bonds is 3. The highest BCUT2D eigenvalue weighted by atomic mass is 16.2. The van der Waals surface area contributed by atoms with Crippen LogP contribution in [-0.4, -0.2) is 42.0 Å². The van der Waals surface area contributed by atoms with E-state index in [1.165, 1.54) is 4.90 Å². The largest absolute Gasteiger partial charge is 0.325 e. The van der Waals surface area contributed by atoms with Gasteiger partial charge in [0.25, 0.3) is 5.91 Å². The van der Waals surface area contributed by atoms with Gasteiger partial charge in [0.15, 0.2) is 0 Å². The molecule has 1 saturated carbocycles. The predicted octanol–water partition coefficient (Wildman–Crippen LogP) is 1.88. The second-order valence-corrected chi connectivity index (χ2v) is 7.13. The molecule has 3 rings (SSSR count). The Bertz CT molecular complexity index is 410. The van der Waals surface area contributed by atoms with Crippen molar-refractivity contribution >= 4 is 11.9 Å². The smallest absolute Gasteiger partial charge is 0.323 e. The SMILES string of the molecule is CC1CCC2(CC1)NC(=O)N(CCC1CCNCC1)C2=O. The van der Waals surface area contributed by atoms with E-state index in [1.807, 2.05) is 0 Å². The van der Waals surface area contributed by atoms with Gasteiger partial charge in [-0.1, -0.05) is 6.92 Å². The molecule has 2 aliphatic heterocycles. The molecule has 3 amide bonds. The lowest BCUT2D eigenvalue weighted by atomic mass is 9.77. The summed E-state index contributed by atoms with van der Waals surface area (Å²) in [6.07, 6.45) is 6.96. The lowest BCUT2D eigenvalue weighted by molar-refractivity contribution is -0.132. The number of hydrogen-bond acceptors (Lipinski definition) is 3. The molecule has 5 heteroatoms. The van der Waals surface area contributed by atoms with Gasteiger partial charge >= 0.3 is 6.03 Å². The van der Waals surface area contributed by atoms with Gasteiger partial charge in [-0.2, -0.15) is 0 Å². The zero-order valence-corrected chi connectivity index (χ0v) is 13.0. The molecule has 3 fully saturated rings. The number of piperidine rings is 1. The van der Waals surface area contributed by atoms with E-state index in [-0.39, 0.29) is 11.9 Å². The van der Waals surface area contributed by atoms with Crippen molar-refractivity contribution in [3.05, 3.63) is 0 Å². The number of nitrogens with one attached hydrogen (secondary N) is 2. The number of nitrogens with zero attached hydrogens (tertiary/aromatic N) is 1. The van der Waals surface area contributed by atoms with Crippen molar-refractivity contribution in [1.82, 2.24) is 15.5 Å². The Morgan fingerprint density at radius 1 is 1.14 bits per heavy atom. The summed E-state index contributed by atoms with van der Waals surface area (Å²) in [5.41, 5.74) is -0.572. The molecule has 2 N–H and O–H groups in total. The summed E-state index contributed by atoms with van der Waals surface area (Å²) in [5, 5.41) is 6.35. The minimum Gasteiger partial charge on any atom is -0.323 e. The van der Waals surface area contributed by atoms with Gasteiger partial charge in [0.2, 0.25) is 0 Å². The Morgan fingerprint density at radius 3 is 2.48 bits per heavy atom. The van der Waals surface area contributed by atoms with Crippen molar-refractivity contribution in [3.8, 4) is 0 Å². The Kier molecular flexibility index (Phi) is 4.20. The molecule has 3 aliphatic rings. The summed E-state index contributed by atoms with van der Waals surface area (Å²) in [5.74, 6) is 1.35. The van der Waals surface area contributed by atoms with Crippen molar-refractivity contribution in [2.75, 3.05) is 19.6 Å². The summed E-state index contributed by atoms with van der Waals surface area (Å²) >= 11 is 0. The van der Waals surface area contributed by atoms with Crippen LogP contribution in [0.4, 0.5) is 4.79 Å². The molecule has 0 radical (unpaired) electrons. The number of amides is 3. The lowest BCUT2D eigenvalue weighted by Crippen LogP contribution is -2.49. The molecule has 0 atom stereocenters. The molecule has 1 spiro atoms. The van der Waals surface area contributed by atoms with E-state index >= 15 is 0 Å². The third kappa shape index (κ3) is 2.93. The van der Waals surface area contributed by atoms with Crippen LogP contribution in [0.25, 0.3) is 0 Å². The molecule has 118 valence electrons.